The van der Waals surface area contributed by atoms with E-state index in [4.69, 9.17) is 0 Å². The van der Waals surface area contributed by atoms with Gasteiger partial charge in [0.25, 0.3) is 0 Å². The molecule has 0 aromatic heterocycles. The molecule has 0 aromatic rings. The molecule has 9 aliphatic carbocycles. The third-order valence-electron chi connectivity index (χ3n) is 23.5. The highest BCUT2D eigenvalue weighted by atomic mass is 16.3. The molecule has 5 unspecified atom stereocenters. The largest absolute Gasteiger partial charge is 0.393 e. The highest BCUT2D eigenvalue weighted by Crippen LogP contribution is 2.72. The molecule has 8 heteroatoms. The number of Topliss-reactive ketones (excluding diaryl/α,β-unsaturated/α-hetero) is 6. The van der Waals surface area contributed by atoms with Crippen LogP contribution in [0.5, 0.6) is 0 Å². The molecule has 9 aliphatic rings. The molecular weight excluding hydrogens is 825 g/mol. The van der Waals surface area contributed by atoms with E-state index in [9.17, 15) is 39.0 Å². The number of carbonyl (C=O) groups excluding carboxylic acids is 6. The molecule has 368 valence electrons. The predicted octanol–water partition coefficient (Wildman–Crippen LogP) is 11.1. The van der Waals surface area contributed by atoms with E-state index in [1.54, 1.807) is 0 Å². The quantitative estimate of drug-likeness (QED) is 0.229. The molecule has 66 heavy (non-hydrogen) atoms. The Bertz CT molecular complexity index is 1770. The summed E-state index contributed by atoms with van der Waals surface area (Å²) < 4.78 is 0. The second-order valence-electron chi connectivity index (χ2n) is 26.7. The van der Waals surface area contributed by atoms with Gasteiger partial charge in [-0.25, -0.2) is 0 Å². The lowest BCUT2D eigenvalue weighted by atomic mass is 9.42. The zero-order chi connectivity index (χ0) is 47.1. The van der Waals surface area contributed by atoms with Gasteiger partial charge in [-0.1, -0.05) is 41.5 Å². The van der Waals surface area contributed by atoms with E-state index in [0.29, 0.717) is 96.7 Å². The van der Waals surface area contributed by atoms with E-state index < -0.39 is 0 Å². The first-order valence-corrected chi connectivity index (χ1v) is 27.7. The van der Waals surface area contributed by atoms with Crippen LogP contribution in [0.4, 0.5) is 0 Å². The molecule has 20 atom stereocenters. The summed E-state index contributed by atoms with van der Waals surface area (Å²) in [5.41, 5.74) is 0.406. The van der Waals surface area contributed by atoms with Gasteiger partial charge in [0.15, 0.2) is 0 Å². The first-order chi connectivity index (χ1) is 31.2. The number of fused-ring (bicyclic) bond motifs is 4. The van der Waals surface area contributed by atoms with Crippen LogP contribution in [0.2, 0.25) is 0 Å². The first kappa shape index (κ1) is 48.9. The van der Waals surface area contributed by atoms with Crippen LogP contribution in [-0.2, 0) is 28.8 Å². The van der Waals surface area contributed by atoms with Crippen LogP contribution in [0, 0.1) is 105 Å². The van der Waals surface area contributed by atoms with E-state index in [2.05, 4.69) is 41.5 Å². The summed E-state index contributed by atoms with van der Waals surface area (Å²) >= 11 is 0. The van der Waals surface area contributed by atoms with Gasteiger partial charge in [-0.15, -0.1) is 0 Å². The number of aliphatic hydroxyl groups is 2. The second kappa shape index (κ2) is 18.6. The van der Waals surface area contributed by atoms with Crippen LogP contribution in [0.3, 0.4) is 0 Å². The summed E-state index contributed by atoms with van der Waals surface area (Å²) in [5, 5.41) is 21.8. The molecule has 0 heterocycles. The SMILES string of the molecule is C[C@@H]1CCC(=O)CC(=O)CC(=O)C[C@H]2CC3C[C@H](O)CC[C@]3(C)[C@H]3CC[C@]4(C)[C@H](CC[C@H]4C23)[C@H](C)CCC(=O)CC(=O)CC(=O)C[C@H]2CC3C[C@H](O)CC[C@]3(C)C3CC[C@]4(C)[C@@H]1CC[C@H]4C32. The second-order valence-corrected chi connectivity index (χ2v) is 26.7. The molecule has 9 rings (SSSR count). The monoisotopic (exact) mass is 913 g/mol. The fraction of sp³-hybridized carbons (Fsp3) is 0.897. The van der Waals surface area contributed by atoms with E-state index in [-0.39, 0.29) is 106 Å². The average Bonchev–Trinajstić information content (AvgIpc) is 3.79. The standard InChI is InChI=1S/C58H88O8/c1-33-7-9-39(59)29-45(65)31-44(64)26-36-24-38-28-42(62)16-20-56(38,4)52-18-22-58(6)48(12-14-50(58)54(36)52)34(2)8-10-40(60)30-46(66)32-43(63)25-35-23-37-27-41(61)15-19-55(37,3)51-17-21-57(5)47(33)11-13-49(57)53(35)51/h33-38,41-42,47-54,61-62H,7-32H2,1-6H3/t33-,34-,35-,36-,37?,38?,41-,42-,47-,48-,49+,50+,51+,52?,53?,54?,55+,56+,57-,58-/m1/s1. The number of aliphatic hydroxyl groups excluding tert-OH is 2. The average molecular weight is 913 g/mol. The van der Waals surface area contributed by atoms with Gasteiger partial charge in [-0.2, -0.15) is 0 Å². The minimum Gasteiger partial charge on any atom is -0.393 e. The zero-order valence-electron chi connectivity index (χ0n) is 42.0. The molecule has 0 spiro atoms. The lowest BCUT2D eigenvalue weighted by molar-refractivity contribution is -0.158. The topological polar surface area (TPSA) is 143 Å². The van der Waals surface area contributed by atoms with Gasteiger partial charge in [-0.3, -0.25) is 28.8 Å². The van der Waals surface area contributed by atoms with Crippen molar-refractivity contribution in [2.45, 2.75) is 221 Å². The summed E-state index contributed by atoms with van der Waals surface area (Å²) in [7, 11) is 0. The van der Waals surface area contributed by atoms with Gasteiger partial charge >= 0.3 is 0 Å². The molecule has 9 fully saturated rings. The van der Waals surface area contributed by atoms with Crippen molar-refractivity contribution in [3.05, 3.63) is 0 Å². The van der Waals surface area contributed by atoms with Crippen LogP contribution in [0.25, 0.3) is 0 Å². The smallest absolute Gasteiger partial charge is 0.147 e. The Morgan fingerprint density at radius 3 is 1.11 bits per heavy atom. The molecule has 8 bridgehead atoms. The van der Waals surface area contributed by atoms with Crippen molar-refractivity contribution in [1.29, 1.82) is 0 Å². The van der Waals surface area contributed by atoms with E-state index in [0.717, 1.165) is 116 Å². The Balaban J connectivity index is 0.957. The zero-order valence-corrected chi connectivity index (χ0v) is 42.0. The predicted molar refractivity (Wildman–Crippen MR) is 255 cm³/mol. The number of hydrogen-bond donors (Lipinski definition) is 2. The summed E-state index contributed by atoms with van der Waals surface area (Å²) in [6.45, 7) is 14.5. The van der Waals surface area contributed by atoms with Crippen LogP contribution in [0.15, 0.2) is 0 Å². The Morgan fingerprint density at radius 1 is 0.379 bits per heavy atom. The number of ketones is 6. The van der Waals surface area contributed by atoms with Crippen molar-refractivity contribution in [3.63, 3.8) is 0 Å². The van der Waals surface area contributed by atoms with E-state index in [1.165, 1.54) is 0 Å². The van der Waals surface area contributed by atoms with Crippen molar-refractivity contribution in [1.82, 2.24) is 0 Å². The summed E-state index contributed by atoms with van der Waals surface area (Å²) in [5.74, 6) is 4.52. The number of carbonyl (C=O) groups is 6. The summed E-state index contributed by atoms with van der Waals surface area (Å²) in [4.78, 5) is 82.5. The lowest BCUT2D eigenvalue weighted by Crippen LogP contribution is -2.57. The maximum absolute atomic E-state index is 14.1. The van der Waals surface area contributed by atoms with Crippen molar-refractivity contribution in [2.75, 3.05) is 0 Å². The molecule has 2 N–H and O–H groups in total. The Hall–Kier alpha value is -2.06. The number of rotatable bonds is 0. The third kappa shape index (κ3) is 8.77. The van der Waals surface area contributed by atoms with E-state index >= 15 is 0 Å². The fourth-order valence-electron chi connectivity index (χ4n) is 20.3. The minimum atomic E-state index is -0.297. The van der Waals surface area contributed by atoms with Gasteiger partial charge < -0.3 is 10.2 Å². The highest BCUT2D eigenvalue weighted by Gasteiger charge is 2.65. The van der Waals surface area contributed by atoms with Crippen LogP contribution in [0.1, 0.15) is 208 Å². The maximum atomic E-state index is 14.1. The molecule has 8 nitrogen and oxygen atoms in total. The highest BCUT2D eigenvalue weighted by molar-refractivity contribution is 6.08. The Labute approximate surface area is 397 Å². The molecule has 0 amide bonds. The molecule has 0 aromatic carbocycles. The first-order valence-electron chi connectivity index (χ1n) is 27.7. The molecule has 0 radical (unpaired) electrons. The Kier molecular flexibility index (Phi) is 13.8. The molecule has 0 aliphatic heterocycles. The van der Waals surface area contributed by atoms with Crippen molar-refractivity contribution >= 4 is 34.7 Å². The van der Waals surface area contributed by atoms with Crippen molar-refractivity contribution < 1.29 is 39.0 Å². The van der Waals surface area contributed by atoms with Crippen molar-refractivity contribution in [3.8, 4) is 0 Å². The summed E-state index contributed by atoms with van der Waals surface area (Å²) in [6, 6.07) is 0. The van der Waals surface area contributed by atoms with Gasteiger partial charge in [0.1, 0.15) is 34.7 Å². The van der Waals surface area contributed by atoms with Gasteiger partial charge in [0.05, 0.1) is 37.9 Å². The minimum absolute atomic E-state index is 0.0193. The van der Waals surface area contributed by atoms with E-state index in [1.807, 2.05) is 0 Å². The van der Waals surface area contributed by atoms with Gasteiger partial charge in [0.2, 0.25) is 0 Å². The maximum Gasteiger partial charge on any atom is 0.147 e. The molecular formula is C58H88O8. The lowest BCUT2D eigenvalue weighted by Gasteiger charge is -2.63. The third-order valence-corrected chi connectivity index (χ3v) is 23.5. The molecule has 0 saturated heterocycles. The normalized spacial score (nSPS) is 51.1. The summed E-state index contributed by atoms with van der Waals surface area (Å²) in [6.07, 6.45) is 17.6. The fourth-order valence-corrected chi connectivity index (χ4v) is 20.3. The van der Waals surface area contributed by atoms with Crippen LogP contribution in [-0.4, -0.2) is 57.1 Å². The molecule has 9 saturated carbocycles. The van der Waals surface area contributed by atoms with Gasteiger partial charge in [0, 0.05) is 25.7 Å². The Morgan fingerprint density at radius 2 is 0.712 bits per heavy atom. The number of hydrogen-bond acceptors (Lipinski definition) is 8. The van der Waals surface area contributed by atoms with Gasteiger partial charge in [-0.05, 0) is 220 Å². The van der Waals surface area contributed by atoms with Crippen molar-refractivity contribution in [2.24, 2.45) is 105 Å². The van der Waals surface area contributed by atoms with Crippen LogP contribution < -0.4 is 0 Å². The van der Waals surface area contributed by atoms with Crippen LogP contribution >= 0.6 is 0 Å².